The fourth-order valence-electron chi connectivity index (χ4n) is 3.92. The quantitative estimate of drug-likeness (QED) is 0.630. The molecule has 0 bridgehead atoms. The molecule has 0 spiro atoms. The number of benzene rings is 2. The van der Waals surface area contributed by atoms with Crippen molar-refractivity contribution in [3.05, 3.63) is 65.0 Å². The van der Waals surface area contributed by atoms with E-state index in [1.54, 1.807) is 0 Å². The molecule has 2 heterocycles. The van der Waals surface area contributed by atoms with Crippen molar-refractivity contribution in [2.24, 2.45) is 0 Å². The van der Waals surface area contributed by atoms with Crippen LogP contribution >= 0.6 is 0 Å². The summed E-state index contributed by atoms with van der Waals surface area (Å²) in [4.78, 5) is 31.2. The lowest BCUT2D eigenvalue weighted by molar-refractivity contribution is -0.115. The number of nitrogens with zero attached hydrogens (tertiary/aromatic N) is 3. The number of nitrogens with one attached hydrogen (secondary N) is 1. The van der Waals surface area contributed by atoms with E-state index >= 15 is 0 Å². The Kier molecular flexibility index (Phi) is 6.35. The second-order valence-corrected chi connectivity index (χ2v) is 8.33. The number of aromatic nitrogens is 2. The van der Waals surface area contributed by atoms with Gasteiger partial charge in [0.05, 0.1) is 5.92 Å². The molecule has 1 N–H and O–H groups in total. The molecule has 166 valence electrons. The van der Waals surface area contributed by atoms with Crippen LogP contribution in [0.25, 0.3) is 11.4 Å². The van der Waals surface area contributed by atoms with E-state index in [0.717, 1.165) is 30.5 Å². The predicted octanol–water partition coefficient (Wildman–Crippen LogP) is 4.72. The predicted molar refractivity (Wildman–Crippen MR) is 122 cm³/mol. The molecule has 32 heavy (non-hydrogen) atoms. The lowest BCUT2D eigenvalue weighted by Crippen LogP contribution is -2.39. The van der Waals surface area contributed by atoms with Crippen LogP contribution in [0.3, 0.4) is 0 Å². The number of anilines is 1. The van der Waals surface area contributed by atoms with Crippen LogP contribution in [0.2, 0.25) is 0 Å². The van der Waals surface area contributed by atoms with Gasteiger partial charge in [0.1, 0.15) is 0 Å². The number of piperidine rings is 1. The zero-order valence-corrected chi connectivity index (χ0v) is 18.7. The van der Waals surface area contributed by atoms with Gasteiger partial charge in [-0.15, -0.1) is 0 Å². The van der Waals surface area contributed by atoms with Crippen LogP contribution in [0.5, 0.6) is 0 Å². The van der Waals surface area contributed by atoms with Crippen LogP contribution in [-0.2, 0) is 4.79 Å². The summed E-state index contributed by atoms with van der Waals surface area (Å²) in [7, 11) is 0. The highest BCUT2D eigenvalue weighted by Crippen LogP contribution is 2.29. The van der Waals surface area contributed by atoms with E-state index in [0.29, 0.717) is 35.9 Å². The summed E-state index contributed by atoms with van der Waals surface area (Å²) < 4.78 is 5.58. The first-order chi connectivity index (χ1) is 15.4. The lowest BCUT2D eigenvalue weighted by atomic mass is 9.96. The smallest absolute Gasteiger partial charge is 0.253 e. The topological polar surface area (TPSA) is 88.3 Å². The SMILES string of the molecule is CCC(=O)Nc1cccc(-c2noc(C3CCCN(C(=O)c4ccc(C)c(C)c4)C3)n2)c1. The highest BCUT2D eigenvalue weighted by atomic mass is 16.5. The van der Waals surface area contributed by atoms with Gasteiger partial charge in [-0.3, -0.25) is 9.59 Å². The van der Waals surface area contributed by atoms with Gasteiger partial charge in [0, 0.05) is 36.3 Å². The Bertz CT molecular complexity index is 1140. The first kappa shape index (κ1) is 21.7. The summed E-state index contributed by atoms with van der Waals surface area (Å²) in [6, 6.07) is 13.2. The van der Waals surface area contributed by atoms with Gasteiger partial charge in [0.2, 0.25) is 17.6 Å². The molecule has 1 fully saturated rings. The summed E-state index contributed by atoms with van der Waals surface area (Å²) in [5.41, 5.74) is 4.47. The lowest BCUT2D eigenvalue weighted by Gasteiger charge is -2.31. The third-order valence-electron chi connectivity index (χ3n) is 5.98. The summed E-state index contributed by atoms with van der Waals surface area (Å²) in [5.74, 6) is 1.01. The van der Waals surface area contributed by atoms with Crippen LogP contribution in [0.4, 0.5) is 5.69 Å². The Morgan fingerprint density at radius 3 is 2.78 bits per heavy atom. The van der Waals surface area contributed by atoms with Gasteiger partial charge in [-0.2, -0.15) is 4.98 Å². The van der Waals surface area contributed by atoms with Gasteiger partial charge in [-0.1, -0.05) is 30.3 Å². The summed E-state index contributed by atoms with van der Waals surface area (Å²) in [6.45, 7) is 7.15. The van der Waals surface area contributed by atoms with E-state index in [1.807, 2.05) is 68.1 Å². The van der Waals surface area contributed by atoms with Crippen molar-refractivity contribution in [1.82, 2.24) is 15.0 Å². The first-order valence-corrected chi connectivity index (χ1v) is 11.0. The Labute approximate surface area is 187 Å². The Morgan fingerprint density at radius 2 is 2.00 bits per heavy atom. The normalized spacial score (nSPS) is 16.1. The molecule has 7 nitrogen and oxygen atoms in total. The van der Waals surface area contributed by atoms with E-state index < -0.39 is 0 Å². The maximum atomic E-state index is 13.0. The van der Waals surface area contributed by atoms with Gasteiger partial charge >= 0.3 is 0 Å². The van der Waals surface area contributed by atoms with Gasteiger partial charge in [0.15, 0.2) is 0 Å². The van der Waals surface area contributed by atoms with Crippen LogP contribution in [0.1, 0.15) is 59.5 Å². The molecule has 0 radical (unpaired) electrons. The highest BCUT2D eigenvalue weighted by molar-refractivity contribution is 5.94. The molecule has 1 aromatic heterocycles. The van der Waals surface area contributed by atoms with Crippen molar-refractivity contribution in [3.63, 3.8) is 0 Å². The molecule has 0 saturated carbocycles. The van der Waals surface area contributed by atoms with Gasteiger partial charge in [-0.05, 0) is 62.1 Å². The van der Waals surface area contributed by atoms with Crippen molar-refractivity contribution in [3.8, 4) is 11.4 Å². The number of carbonyl (C=O) groups excluding carboxylic acids is 2. The number of rotatable bonds is 5. The Morgan fingerprint density at radius 1 is 1.16 bits per heavy atom. The average molecular weight is 433 g/mol. The molecule has 3 aromatic rings. The fraction of sp³-hybridized carbons (Fsp3) is 0.360. The van der Waals surface area contributed by atoms with E-state index in [2.05, 4.69) is 15.5 Å². The van der Waals surface area contributed by atoms with Crippen LogP contribution < -0.4 is 5.32 Å². The van der Waals surface area contributed by atoms with Crippen molar-refractivity contribution in [2.75, 3.05) is 18.4 Å². The van der Waals surface area contributed by atoms with Crippen molar-refractivity contribution >= 4 is 17.5 Å². The molecule has 1 unspecified atom stereocenters. The number of amides is 2. The molecule has 4 rings (SSSR count). The molecular weight excluding hydrogens is 404 g/mol. The zero-order chi connectivity index (χ0) is 22.7. The molecule has 2 amide bonds. The third kappa shape index (κ3) is 4.72. The summed E-state index contributed by atoms with van der Waals surface area (Å²) >= 11 is 0. The number of hydrogen-bond acceptors (Lipinski definition) is 5. The van der Waals surface area contributed by atoms with Gasteiger partial charge in [-0.25, -0.2) is 0 Å². The second-order valence-electron chi connectivity index (χ2n) is 8.33. The van der Waals surface area contributed by atoms with Crippen LogP contribution in [0.15, 0.2) is 47.0 Å². The minimum Gasteiger partial charge on any atom is -0.339 e. The standard InChI is InChI=1S/C25H28N4O3/c1-4-22(30)26-21-9-5-7-18(14-21)23-27-24(32-28-23)20-8-6-12-29(15-20)25(31)19-11-10-16(2)17(3)13-19/h5,7,9-11,13-14,20H,4,6,8,12,15H2,1-3H3,(H,26,30). The van der Waals surface area contributed by atoms with Crippen molar-refractivity contribution in [1.29, 1.82) is 0 Å². The average Bonchev–Trinajstić information content (AvgIpc) is 3.31. The third-order valence-corrected chi connectivity index (χ3v) is 5.98. The number of carbonyl (C=O) groups is 2. The summed E-state index contributed by atoms with van der Waals surface area (Å²) in [5, 5.41) is 6.99. The second kappa shape index (κ2) is 9.34. The van der Waals surface area contributed by atoms with Gasteiger partial charge in [0.25, 0.3) is 5.91 Å². The number of hydrogen-bond donors (Lipinski definition) is 1. The Hall–Kier alpha value is -3.48. The molecule has 1 saturated heterocycles. The first-order valence-electron chi connectivity index (χ1n) is 11.0. The van der Waals surface area contributed by atoms with Crippen LogP contribution in [-0.4, -0.2) is 39.9 Å². The number of aryl methyl sites for hydroxylation is 2. The molecule has 1 aliphatic heterocycles. The minimum absolute atomic E-state index is 0.00321. The van der Waals surface area contributed by atoms with Gasteiger partial charge < -0.3 is 14.7 Å². The zero-order valence-electron chi connectivity index (χ0n) is 18.7. The van der Waals surface area contributed by atoms with E-state index in [-0.39, 0.29) is 17.7 Å². The van der Waals surface area contributed by atoms with Crippen molar-refractivity contribution in [2.45, 2.75) is 46.0 Å². The molecule has 2 aromatic carbocycles. The fourth-order valence-corrected chi connectivity index (χ4v) is 3.92. The molecule has 1 atom stereocenters. The van der Waals surface area contributed by atoms with E-state index in [9.17, 15) is 9.59 Å². The maximum absolute atomic E-state index is 13.0. The molecular formula is C25H28N4O3. The Balaban J connectivity index is 1.48. The monoisotopic (exact) mass is 432 g/mol. The maximum Gasteiger partial charge on any atom is 0.253 e. The van der Waals surface area contributed by atoms with E-state index in [4.69, 9.17) is 4.52 Å². The minimum atomic E-state index is -0.0494. The van der Waals surface area contributed by atoms with Crippen LogP contribution in [0, 0.1) is 13.8 Å². The molecule has 0 aliphatic carbocycles. The number of likely N-dealkylation sites (tertiary alicyclic amines) is 1. The van der Waals surface area contributed by atoms with E-state index in [1.165, 1.54) is 5.56 Å². The highest BCUT2D eigenvalue weighted by Gasteiger charge is 2.29. The van der Waals surface area contributed by atoms with Crippen molar-refractivity contribution < 1.29 is 14.1 Å². The molecule has 1 aliphatic rings. The largest absolute Gasteiger partial charge is 0.339 e. The molecule has 7 heteroatoms. The summed E-state index contributed by atoms with van der Waals surface area (Å²) in [6.07, 6.45) is 2.19.